The summed E-state index contributed by atoms with van der Waals surface area (Å²) in [6.45, 7) is 8.62. The molecule has 5 aromatic carbocycles. The molecule has 8 rings (SSSR count). The molecule has 214 valence electrons. The number of para-hydroxylation sites is 2. The van der Waals surface area contributed by atoms with Gasteiger partial charge in [0, 0.05) is 27.8 Å². The number of carbonyl (C=O) groups is 1. The molecule has 6 heteroatoms. The lowest BCUT2D eigenvalue weighted by Crippen LogP contribution is -2.30. The standard InChI is InChI=1S/C38H29N3O2S/c1-22-7-5-9-32-34(22)41(35-23(2)8-6-10-33(35)43-32)27-15-11-24(12-16-27)25-14-18-30-29(19-25)36(42)28-17-13-26(37-40-39-21-44-37)20-31(28)38(30,3)4/h5-21H,1-4H3. The molecule has 0 atom stereocenters. The number of carbonyl (C=O) groups excluding carboxylic acids is 1. The molecule has 0 amide bonds. The van der Waals surface area contributed by atoms with E-state index in [0.717, 1.165) is 83.6 Å². The fourth-order valence-electron chi connectivity index (χ4n) is 6.73. The summed E-state index contributed by atoms with van der Waals surface area (Å²) in [6.07, 6.45) is 0. The van der Waals surface area contributed by atoms with Crippen LogP contribution in [0.15, 0.2) is 103 Å². The summed E-state index contributed by atoms with van der Waals surface area (Å²) in [7, 11) is 0. The van der Waals surface area contributed by atoms with Gasteiger partial charge in [-0.2, -0.15) is 0 Å². The van der Waals surface area contributed by atoms with Crippen LogP contribution in [0, 0.1) is 13.8 Å². The first-order valence-electron chi connectivity index (χ1n) is 14.7. The lowest BCUT2D eigenvalue weighted by Gasteiger charge is -2.35. The Morgan fingerprint density at radius 3 is 2.02 bits per heavy atom. The van der Waals surface area contributed by atoms with Gasteiger partial charge >= 0.3 is 0 Å². The van der Waals surface area contributed by atoms with Crippen molar-refractivity contribution in [2.24, 2.45) is 0 Å². The van der Waals surface area contributed by atoms with E-state index in [0.29, 0.717) is 0 Å². The number of aryl methyl sites for hydroxylation is 2. The minimum absolute atomic E-state index is 0.0593. The maximum absolute atomic E-state index is 13.9. The van der Waals surface area contributed by atoms with Crippen LogP contribution < -0.4 is 9.64 Å². The number of ether oxygens (including phenoxy) is 1. The predicted octanol–water partition coefficient (Wildman–Crippen LogP) is 9.93. The van der Waals surface area contributed by atoms with E-state index >= 15 is 0 Å². The van der Waals surface area contributed by atoms with Crippen LogP contribution in [0.1, 0.15) is 52.0 Å². The number of aromatic nitrogens is 2. The molecule has 0 N–H and O–H groups in total. The molecule has 0 bridgehead atoms. The van der Waals surface area contributed by atoms with E-state index in [2.05, 4.69) is 103 Å². The molecular weight excluding hydrogens is 563 g/mol. The summed E-state index contributed by atoms with van der Waals surface area (Å²) in [5.74, 6) is 1.75. The van der Waals surface area contributed by atoms with Gasteiger partial charge in [0.05, 0.1) is 11.4 Å². The Morgan fingerprint density at radius 2 is 1.36 bits per heavy atom. The van der Waals surface area contributed by atoms with E-state index in [4.69, 9.17) is 4.74 Å². The number of fused-ring (bicyclic) bond motifs is 4. The minimum atomic E-state index is -0.339. The van der Waals surface area contributed by atoms with Crippen LogP contribution in [-0.4, -0.2) is 16.0 Å². The third-order valence-electron chi connectivity index (χ3n) is 9.01. The maximum Gasteiger partial charge on any atom is 0.193 e. The summed E-state index contributed by atoms with van der Waals surface area (Å²) < 4.78 is 6.33. The summed E-state index contributed by atoms with van der Waals surface area (Å²) >= 11 is 1.50. The SMILES string of the molecule is Cc1cccc2c1N(c1ccc(-c3ccc4c(c3)C(=O)c3ccc(-c5nncs5)cc3C4(C)C)cc1)c1c(C)cccc1O2. The first kappa shape index (κ1) is 26.5. The Morgan fingerprint density at radius 1 is 0.705 bits per heavy atom. The fourth-order valence-corrected chi connectivity index (χ4v) is 7.28. The van der Waals surface area contributed by atoms with Gasteiger partial charge in [-0.25, -0.2) is 0 Å². The lowest BCUT2D eigenvalue weighted by atomic mass is 9.68. The van der Waals surface area contributed by atoms with E-state index < -0.39 is 0 Å². The molecule has 0 radical (unpaired) electrons. The van der Waals surface area contributed by atoms with Crippen molar-refractivity contribution in [1.29, 1.82) is 0 Å². The zero-order valence-corrected chi connectivity index (χ0v) is 25.7. The van der Waals surface area contributed by atoms with E-state index in [9.17, 15) is 4.79 Å². The first-order valence-corrected chi connectivity index (χ1v) is 15.6. The second-order valence-corrected chi connectivity index (χ2v) is 12.9. The van der Waals surface area contributed by atoms with Crippen molar-refractivity contribution < 1.29 is 9.53 Å². The van der Waals surface area contributed by atoms with Crippen molar-refractivity contribution in [2.45, 2.75) is 33.1 Å². The third kappa shape index (κ3) is 3.95. The van der Waals surface area contributed by atoms with Crippen molar-refractivity contribution >= 4 is 34.2 Å². The average molecular weight is 592 g/mol. The predicted molar refractivity (Wildman–Crippen MR) is 177 cm³/mol. The number of rotatable bonds is 3. The van der Waals surface area contributed by atoms with E-state index in [1.54, 1.807) is 5.51 Å². The van der Waals surface area contributed by atoms with Crippen LogP contribution >= 0.6 is 11.3 Å². The van der Waals surface area contributed by atoms with Crippen LogP contribution in [0.5, 0.6) is 11.5 Å². The van der Waals surface area contributed by atoms with Crippen LogP contribution in [0.4, 0.5) is 17.1 Å². The zero-order chi connectivity index (χ0) is 30.2. The van der Waals surface area contributed by atoms with E-state index in [1.165, 1.54) is 11.3 Å². The molecule has 0 spiro atoms. The van der Waals surface area contributed by atoms with Crippen LogP contribution in [0.2, 0.25) is 0 Å². The minimum Gasteiger partial charge on any atom is -0.453 e. The van der Waals surface area contributed by atoms with Gasteiger partial charge < -0.3 is 9.64 Å². The van der Waals surface area contributed by atoms with Crippen LogP contribution in [0.25, 0.3) is 21.7 Å². The number of hydrogen-bond donors (Lipinski definition) is 0. The van der Waals surface area contributed by atoms with Crippen LogP contribution in [0.3, 0.4) is 0 Å². The van der Waals surface area contributed by atoms with Crippen molar-refractivity contribution in [3.8, 4) is 33.2 Å². The molecular formula is C38H29N3O2S. The second kappa shape index (κ2) is 9.73. The summed E-state index contributed by atoms with van der Waals surface area (Å²) in [5, 5.41) is 9.08. The monoisotopic (exact) mass is 591 g/mol. The molecule has 5 nitrogen and oxygen atoms in total. The van der Waals surface area contributed by atoms with E-state index in [-0.39, 0.29) is 11.2 Å². The van der Waals surface area contributed by atoms with Gasteiger partial charge in [0.2, 0.25) is 0 Å². The smallest absolute Gasteiger partial charge is 0.193 e. The summed E-state index contributed by atoms with van der Waals surface area (Å²) in [6, 6.07) is 33.3. The molecule has 0 saturated carbocycles. The van der Waals surface area contributed by atoms with Crippen molar-refractivity contribution in [3.63, 3.8) is 0 Å². The molecule has 1 aromatic heterocycles. The highest BCUT2D eigenvalue weighted by Crippen LogP contribution is 2.53. The van der Waals surface area contributed by atoms with Gasteiger partial charge in [0.1, 0.15) is 10.5 Å². The maximum atomic E-state index is 13.9. The average Bonchev–Trinajstić information content (AvgIpc) is 3.58. The topological polar surface area (TPSA) is 55.3 Å². The van der Waals surface area contributed by atoms with Crippen molar-refractivity contribution in [3.05, 3.63) is 136 Å². The summed E-state index contributed by atoms with van der Waals surface area (Å²) in [4.78, 5) is 16.2. The number of benzene rings is 5. The zero-order valence-electron chi connectivity index (χ0n) is 24.9. The van der Waals surface area contributed by atoms with Crippen molar-refractivity contribution in [2.75, 3.05) is 4.90 Å². The van der Waals surface area contributed by atoms with Gasteiger partial charge in [0.15, 0.2) is 17.3 Å². The van der Waals surface area contributed by atoms with Gasteiger partial charge in [0.25, 0.3) is 0 Å². The van der Waals surface area contributed by atoms with Gasteiger partial charge in [-0.1, -0.05) is 85.8 Å². The highest BCUT2D eigenvalue weighted by Gasteiger charge is 2.37. The Labute approximate surface area is 260 Å². The third-order valence-corrected chi connectivity index (χ3v) is 9.75. The highest BCUT2D eigenvalue weighted by molar-refractivity contribution is 7.12. The quantitative estimate of drug-likeness (QED) is 0.205. The highest BCUT2D eigenvalue weighted by atomic mass is 32.1. The van der Waals surface area contributed by atoms with Gasteiger partial charge in [-0.05, 0) is 83.6 Å². The number of hydrogen-bond acceptors (Lipinski definition) is 6. The lowest BCUT2D eigenvalue weighted by molar-refractivity contribution is 0.103. The number of anilines is 3. The summed E-state index contributed by atoms with van der Waals surface area (Å²) in [5.41, 5.74) is 13.5. The van der Waals surface area contributed by atoms with Crippen LogP contribution in [-0.2, 0) is 5.41 Å². The van der Waals surface area contributed by atoms with Gasteiger partial charge in [-0.15, -0.1) is 10.2 Å². The molecule has 6 aromatic rings. The molecule has 1 aliphatic carbocycles. The Balaban J connectivity index is 1.18. The Kier molecular flexibility index (Phi) is 5.87. The Bertz CT molecular complexity index is 2060. The molecule has 44 heavy (non-hydrogen) atoms. The number of nitrogens with zero attached hydrogens (tertiary/aromatic N) is 3. The molecule has 2 aliphatic rings. The molecule has 0 saturated heterocycles. The molecule has 0 unspecified atom stereocenters. The first-order chi connectivity index (χ1) is 21.3. The van der Waals surface area contributed by atoms with E-state index in [1.807, 2.05) is 36.4 Å². The molecule has 2 heterocycles. The fraction of sp³-hybridized carbons (Fsp3) is 0.132. The normalized spacial score (nSPS) is 14.3. The van der Waals surface area contributed by atoms with Crippen molar-refractivity contribution in [1.82, 2.24) is 10.2 Å². The second-order valence-electron chi connectivity index (χ2n) is 12.0. The largest absolute Gasteiger partial charge is 0.453 e. The molecule has 0 fully saturated rings. The number of ketones is 1. The van der Waals surface area contributed by atoms with Gasteiger partial charge in [-0.3, -0.25) is 4.79 Å². The molecule has 1 aliphatic heterocycles. The Hall–Kier alpha value is -5.07.